The molecule has 1 aromatic heterocycles. The summed E-state index contributed by atoms with van der Waals surface area (Å²) in [4.78, 5) is 9.29. The number of nitrogens with zero attached hydrogens (tertiary/aromatic N) is 2. The van der Waals surface area contributed by atoms with E-state index in [9.17, 15) is 0 Å². The minimum absolute atomic E-state index is 0.769. The molecule has 0 aliphatic heterocycles. The zero-order valence-corrected chi connectivity index (χ0v) is 10.6. The van der Waals surface area contributed by atoms with Gasteiger partial charge in [-0.2, -0.15) is 0 Å². The van der Waals surface area contributed by atoms with Crippen molar-refractivity contribution in [2.45, 2.75) is 38.5 Å². The minimum atomic E-state index is 0.769. The van der Waals surface area contributed by atoms with Crippen molar-refractivity contribution in [1.82, 2.24) is 15.3 Å². The van der Waals surface area contributed by atoms with E-state index in [-0.39, 0.29) is 0 Å². The van der Waals surface area contributed by atoms with Crippen LogP contribution in [0.5, 0.6) is 0 Å². The van der Waals surface area contributed by atoms with Crippen molar-refractivity contribution in [2.75, 3.05) is 13.6 Å². The van der Waals surface area contributed by atoms with Crippen LogP contribution in [0.3, 0.4) is 0 Å². The number of hydrogen-bond donors (Lipinski definition) is 1. The Bertz CT molecular complexity index is 398. The molecule has 2 aliphatic carbocycles. The first-order valence-corrected chi connectivity index (χ1v) is 6.83. The van der Waals surface area contributed by atoms with E-state index in [2.05, 4.69) is 16.5 Å². The van der Waals surface area contributed by atoms with E-state index in [1.807, 2.05) is 7.05 Å². The van der Waals surface area contributed by atoms with Gasteiger partial charge in [-0.25, -0.2) is 9.97 Å². The second-order valence-corrected chi connectivity index (χ2v) is 5.57. The maximum atomic E-state index is 4.76. The van der Waals surface area contributed by atoms with Crippen molar-refractivity contribution in [2.24, 2.45) is 11.8 Å². The Morgan fingerprint density at radius 2 is 2.18 bits per heavy atom. The molecule has 1 fully saturated rings. The van der Waals surface area contributed by atoms with Gasteiger partial charge in [-0.05, 0) is 63.1 Å². The smallest absolute Gasteiger partial charge is 0.128 e. The van der Waals surface area contributed by atoms with Gasteiger partial charge in [-0.3, -0.25) is 0 Å². The highest BCUT2D eigenvalue weighted by Gasteiger charge is 2.24. The van der Waals surface area contributed by atoms with Crippen LogP contribution >= 0.6 is 0 Å². The highest BCUT2D eigenvalue weighted by atomic mass is 14.9. The van der Waals surface area contributed by atoms with Gasteiger partial charge in [0.15, 0.2) is 0 Å². The molecule has 1 saturated carbocycles. The lowest BCUT2D eigenvalue weighted by Gasteiger charge is -2.23. The summed E-state index contributed by atoms with van der Waals surface area (Å²) in [5, 5.41) is 3.27. The van der Waals surface area contributed by atoms with E-state index < -0.39 is 0 Å². The van der Waals surface area contributed by atoms with E-state index in [0.717, 1.165) is 43.5 Å². The molecule has 1 aromatic rings. The van der Waals surface area contributed by atoms with E-state index >= 15 is 0 Å². The maximum Gasteiger partial charge on any atom is 0.128 e. The molecule has 1 heterocycles. The maximum absolute atomic E-state index is 4.76. The fraction of sp³-hybridized carbons (Fsp3) is 0.714. The molecular formula is C14H21N3. The van der Waals surface area contributed by atoms with Crippen LogP contribution in [0.1, 0.15) is 36.3 Å². The van der Waals surface area contributed by atoms with Crippen molar-refractivity contribution in [3.05, 3.63) is 23.3 Å². The summed E-state index contributed by atoms with van der Waals surface area (Å²) < 4.78 is 0. The van der Waals surface area contributed by atoms with Gasteiger partial charge in [-0.1, -0.05) is 0 Å². The first-order valence-electron chi connectivity index (χ1n) is 6.83. The molecule has 0 amide bonds. The number of hydrogen-bond acceptors (Lipinski definition) is 3. The lowest BCUT2D eigenvalue weighted by atomic mass is 9.87. The highest BCUT2D eigenvalue weighted by molar-refractivity contribution is 5.21. The van der Waals surface area contributed by atoms with Crippen molar-refractivity contribution >= 4 is 0 Å². The third-order valence-corrected chi connectivity index (χ3v) is 3.96. The van der Waals surface area contributed by atoms with Gasteiger partial charge >= 0.3 is 0 Å². The average Bonchev–Trinajstić information content (AvgIpc) is 3.14. The predicted octanol–water partition coefficient (Wildman–Crippen LogP) is 1.75. The Balaban J connectivity index is 1.71. The van der Waals surface area contributed by atoms with Crippen LogP contribution in [0.15, 0.2) is 6.20 Å². The van der Waals surface area contributed by atoms with Gasteiger partial charge in [0.05, 0.1) is 0 Å². The van der Waals surface area contributed by atoms with Crippen LogP contribution in [0.4, 0.5) is 0 Å². The third kappa shape index (κ3) is 2.65. The third-order valence-electron chi connectivity index (χ3n) is 3.96. The second kappa shape index (κ2) is 4.73. The van der Waals surface area contributed by atoms with Crippen LogP contribution in [0, 0.1) is 11.8 Å². The molecule has 3 rings (SSSR count). The zero-order chi connectivity index (χ0) is 11.7. The summed E-state index contributed by atoms with van der Waals surface area (Å²) in [7, 11) is 2.03. The molecule has 1 N–H and O–H groups in total. The van der Waals surface area contributed by atoms with E-state index in [1.54, 1.807) is 0 Å². The van der Waals surface area contributed by atoms with Gasteiger partial charge in [0, 0.05) is 18.3 Å². The molecule has 1 unspecified atom stereocenters. The van der Waals surface area contributed by atoms with Gasteiger partial charge < -0.3 is 5.32 Å². The SMILES string of the molecule is CNCC1CCc2nc(CC3CC3)ncc2C1. The summed E-state index contributed by atoms with van der Waals surface area (Å²) in [6.07, 6.45) is 9.51. The zero-order valence-electron chi connectivity index (χ0n) is 10.6. The van der Waals surface area contributed by atoms with Crippen LogP contribution in [-0.4, -0.2) is 23.6 Å². The van der Waals surface area contributed by atoms with Crippen molar-refractivity contribution < 1.29 is 0 Å². The molecule has 0 spiro atoms. The van der Waals surface area contributed by atoms with E-state index in [4.69, 9.17) is 4.98 Å². The molecule has 92 valence electrons. The van der Waals surface area contributed by atoms with Crippen LogP contribution in [-0.2, 0) is 19.3 Å². The molecule has 0 saturated heterocycles. The second-order valence-electron chi connectivity index (χ2n) is 5.57. The lowest BCUT2D eigenvalue weighted by molar-refractivity contribution is 0.433. The van der Waals surface area contributed by atoms with Gasteiger partial charge in [0.25, 0.3) is 0 Å². The quantitative estimate of drug-likeness (QED) is 0.858. The molecule has 17 heavy (non-hydrogen) atoms. The van der Waals surface area contributed by atoms with Crippen LogP contribution in [0.25, 0.3) is 0 Å². The Kier molecular flexibility index (Phi) is 3.10. The molecular weight excluding hydrogens is 210 g/mol. The fourth-order valence-corrected chi connectivity index (χ4v) is 2.77. The summed E-state index contributed by atoms with van der Waals surface area (Å²) in [6.45, 7) is 1.11. The topological polar surface area (TPSA) is 37.8 Å². The van der Waals surface area contributed by atoms with Crippen LogP contribution < -0.4 is 5.32 Å². The minimum Gasteiger partial charge on any atom is -0.319 e. The number of aryl methyl sites for hydroxylation is 1. The molecule has 3 heteroatoms. The van der Waals surface area contributed by atoms with Crippen molar-refractivity contribution in [3.63, 3.8) is 0 Å². The summed E-state index contributed by atoms with van der Waals surface area (Å²) in [6, 6.07) is 0. The summed E-state index contributed by atoms with van der Waals surface area (Å²) in [5.74, 6) is 2.73. The number of fused-ring (bicyclic) bond motifs is 1. The monoisotopic (exact) mass is 231 g/mol. The number of aromatic nitrogens is 2. The van der Waals surface area contributed by atoms with E-state index in [0.29, 0.717) is 0 Å². The fourth-order valence-electron chi connectivity index (χ4n) is 2.77. The Morgan fingerprint density at radius 3 is 2.94 bits per heavy atom. The largest absolute Gasteiger partial charge is 0.319 e. The van der Waals surface area contributed by atoms with Gasteiger partial charge in [0.2, 0.25) is 0 Å². The van der Waals surface area contributed by atoms with Crippen molar-refractivity contribution in [3.8, 4) is 0 Å². The Hall–Kier alpha value is -0.960. The molecule has 3 nitrogen and oxygen atoms in total. The Morgan fingerprint density at radius 1 is 1.29 bits per heavy atom. The van der Waals surface area contributed by atoms with Gasteiger partial charge in [0.1, 0.15) is 5.82 Å². The highest BCUT2D eigenvalue weighted by Crippen LogP contribution is 2.32. The lowest BCUT2D eigenvalue weighted by Crippen LogP contribution is -2.25. The summed E-state index contributed by atoms with van der Waals surface area (Å²) >= 11 is 0. The first kappa shape index (κ1) is 11.1. The molecule has 0 aromatic carbocycles. The van der Waals surface area contributed by atoms with Crippen LogP contribution in [0.2, 0.25) is 0 Å². The molecule has 2 aliphatic rings. The molecule has 1 atom stereocenters. The average molecular weight is 231 g/mol. The Labute approximate surface area is 103 Å². The summed E-state index contributed by atoms with van der Waals surface area (Å²) in [5.41, 5.74) is 2.71. The predicted molar refractivity (Wildman–Crippen MR) is 67.9 cm³/mol. The number of nitrogens with one attached hydrogen (secondary N) is 1. The van der Waals surface area contributed by atoms with Crippen molar-refractivity contribution in [1.29, 1.82) is 0 Å². The standard InChI is InChI=1S/C14H21N3/c1-15-8-11-4-5-13-12(6-11)9-16-14(17-13)7-10-2-3-10/h9-11,15H,2-8H2,1H3. The van der Waals surface area contributed by atoms with E-state index in [1.165, 1.54) is 30.5 Å². The molecule has 0 radical (unpaired) electrons. The molecule has 0 bridgehead atoms. The first-order chi connectivity index (χ1) is 8.35. The normalized spacial score (nSPS) is 23.5. The van der Waals surface area contributed by atoms with Gasteiger partial charge in [-0.15, -0.1) is 0 Å². The number of rotatable bonds is 4.